The first-order chi connectivity index (χ1) is 5.33. The molecule has 11 heavy (non-hydrogen) atoms. The van der Waals surface area contributed by atoms with Gasteiger partial charge in [-0.25, -0.2) is 0 Å². The molecule has 0 atom stereocenters. The summed E-state index contributed by atoms with van der Waals surface area (Å²) in [6.07, 6.45) is 0.657. The minimum atomic E-state index is 0.0173. The summed E-state index contributed by atoms with van der Waals surface area (Å²) in [4.78, 5) is 9.88. The zero-order valence-corrected chi connectivity index (χ0v) is 5.86. The van der Waals surface area contributed by atoms with Crippen LogP contribution in [0, 0.1) is 0 Å². The second-order valence-corrected chi connectivity index (χ2v) is 1.98. The van der Waals surface area contributed by atoms with Gasteiger partial charge in [-0.3, -0.25) is 4.79 Å². The predicted octanol–water partition coefficient (Wildman–Crippen LogP) is 0.970. The minimum absolute atomic E-state index is 0.0173. The largest absolute Gasteiger partial charge is 0.508 e. The Morgan fingerprint density at radius 1 is 1.55 bits per heavy atom. The molecule has 0 amide bonds. The van der Waals surface area contributed by atoms with E-state index in [1.807, 2.05) is 0 Å². The summed E-state index contributed by atoms with van der Waals surface area (Å²) in [5.74, 6) is 0.630. The van der Waals surface area contributed by atoms with Crippen LogP contribution in [0.5, 0.6) is 11.5 Å². The van der Waals surface area contributed by atoms with Crippen molar-refractivity contribution in [3.8, 4) is 11.5 Å². The van der Waals surface area contributed by atoms with Gasteiger partial charge in [-0.05, 0) is 12.1 Å². The minimum Gasteiger partial charge on any atom is -0.508 e. The van der Waals surface area contributed by atoms with Gasteiger partial charge in [0.2, 0.25) is 0 Å². The van der Waals surface area contributed by atoms with Crippen LogP contribution < -0.4 is 4.74 Å². The van der Waals surface area contributed by atoms with Crippen LogP contribution in [0.2, 0.25) is 0 Å². The first kappa shape index (κ1) is 7.60. The second-order valence-electron chi connectivity index (χ2n) is 1.98. The highest BCUT2D eigenvalue weighted by Gasteiger charge is 1.92. The van der Waals surface area contributed by atoms with Gasteiger partial charge in [0.1, 0.15) is 18.1 Å². The summed E-state index contributed by atoms with van der Waals surface area (Å²) >= 11 is 0. The van der Waals surface area contributed by atoms with E-state index in [0.29, 0.717) is 12.0 Å². The van der Waals surface area contributed by atoms with Crippen LogP contribution in [0.1, 0.15) is 0 Å². The maximum Gasteiger partial charge on any atom is 0.157 e. The second kappa shape index (κ2) is 3.61. The molecule has 0 radical (unpaired) electrons. The van der Waals surface area contributed by atoms with Gasteiger partial charge < -0.3 is 9.84 Å². The molecule has 1 aromatic rings. The molecular weight excluding hydrogens is 144 g/mol. The topological polar surface area (TPSA) is 46.5 Å². The molecule has 0 fully saturated rings. The van der Waals surface area contributed by atoms with Gasteiger partial charge in [0, 0.05) is 6.07 Å². The van der Waals surface area contributed by atoms with Gasteiger partial charge in [0.05, 0.1) is 0 Å². The quantitative estimate of drug-likeness (QED) is 0.656. The third kappa shape index (κ3) is 2.29. The van der Waals surface area contributed by atoms with Crippen LogP contribution in [0.15, 0.2) is 24.3 Å². The van der Waals surface area contributed by atoms with Gasteiger partial charge in [0.25, 0.3) is 0 Å². The average molecular weight is 152 g/mol. The normalized spacial score (nSPS) is 9.09. The van der Waals surface area contributed by atoms with Crippen molar-refractivity contribution in [3.63, 3.8) is 0 Å². The molecule has 0 aliphatic heterocycles. The first-order valence-corrected chi connectivity index (χ1v) is 3.18. The lowest BCUT2D eigenvalue weighted by atomic mass is 10.3. The highest BCUT2D eigenvalue weighted by atomic mass is 16.5. The Labute approximate surface area is 64.2 Å². The lowest BCUT2D eigenvalue weighted by Gasteiger charge is -2.00. The summed E-state index contributed by atoms with van der Waals surface area (Å²) in [6, 6.07) is 6.30. The van der Waals surface area contributed by atoms with E-state index in [1.165, 1.54) is 12.1 Å². The van der Waals surface area contributed by atoms with Crippen LogP contribution in [0.3, 0.4) is 0 Å². The highest BCUT2D eigenvalue weighted by Crippen LogP contribution is 2.16. The van der Waals surface area contributed by atoms with Crippen molar-refractivity contribution in [1.29, 1.82) is 0 Å². The summed E-state index contributed by atoms with van der Waals surface area (Å²) < 4.78 is 4.91. The van der Waals surface area contributed by atoms with Gasteiger partial charge in [-0.2, -0.15) is 0 Å². The SMILES string of the molecule is O=CCOc1cccc(O)c1. The van der Waals surface area contributed by atoms with E-state index in [4.69, 9.17) is 9.84 Å². The number of aldehydes is 1. The Morgan fingerprint density at radius 2 is 2.36 bits per heavy atom. The van der Waals surface area contributed by atoms with Crippen molar-refractivity contribution >= 4 is 6.29 Å². The van der Waals surface area contributed by atoms with Gasteiger partial charge in [0.15, 0.2) is 6.29 Å². The van der Waals surface area contributed by atoms with E-state index < -0.39 is 0 Å². The van der Waals surface area contributed by atoms with Gasteiger partial charge >= 0.3 is 0 Å². The monoisotopic (exact) mass is 152 g/mol. The molecule has 3 heteroatoms. The van der Waals surface area contributed by atoms with E-state index in [-0.39, 0.29) is 12.4 Å². The van der Waals surface area contributed by atoms with Crippen molar-refractivity contribution in [1.82, 2.24) is 0 Å². The number of phenols is 1. The Morgan fingerprint density at radius 3 is 3.00 bits per heavy atom. The van der Waals surface area contributed by atoms with Gasteiger partial charge in [-0.15, -0.1) is 0 Å². The molecule has 0 aliphatic carbocycles. The first-order valence-electron chi connectivity index (χ1n) is 3.18. The molecular formula is C8H8O3. The summed E-state index contributed by atoms with van der Waals surface area (Å²) in [5.41, 5.74) is 0. The van der Waals surface area contributed by atoms with Crippen LogP contribution in [0.25, 0.3) is 0 Å². The van der Waals surface area contributed by atoms with E-state index in [9.17, 15) is 4.79 Å². The molecule has 0 aromatic heterocycles. The molecule has 0 aliphatic rings. The zero-order valence-electron chi connectivity index (χ0n) is 5.86. The number of carbonyl (C=O) groups excluding carboxylic acids is 1. The third-order valence-electron chi connectivity index (χ3n) is 1.14. The smallest absolute Gasteiger partial charge is 0.157 e. The van der Waals surface area contributed by atoms with Crippen molar-refractivity contribution in [2.24, 2.45) is 0 Å². The highest BCUT2D eigenvalue weighted by molar-refractivity contribution is 5.51. The lowest BCUT2D eigenvalue weighted by molar-refractivity contribution is -0.109. The van der Waals surface area contributed by atoms with Crippen LogP contribution in [0.4, 0.5) is 0 Å². The van der Waals surface area contributed by atoms with E-state index in [0.717, 1.165) is 0 Å². The molecule has 0 saturated heterocycles. The van der Waals surface area contributed by atoms with Crippen molar-refractivity contribution in [3.05, 3.63) is 24.3 Å². The molecule has 0 saturated carbocycles. The van der Waals surface area contributed by atoms with Gasteiger partial charge in [-0.1, -0.05) is 6.07 Å². The number of aromatic hydroxyl groups is 1. The number of benzene rings is 1. The number of ether oxygens (including phenoxy) is 1. The summed E-state index contributed by atoms with van der Waals surface area (Å²) in [7, 11) is 0. The molecule has 0 spiro atoms. The Bertz CT molecular complexity index is 245. The standard InChI is InChI=1S/C8H8O3/c9-4-5-11-8-3-1-2-7(10)6-8/h1-4,6,10H,5H2. The van der Waals surface area contributed by atoms with Crippen molar-refractivity contribution in [2.75, 3.05) is 6.61 Å². The third-order valence-corrected chi connectivity index (χ3v) is 1.14. The number of hydrogen-bond acceptors (Lipinski definition) is 3. The lowest BCUT2D eigenvalue weighted by Crippen LogP contribution is -1.96. The predicted molar refractivity (Wildman–Crippen MR) is 39.7 cm³/mol. The van der Waals surface area contributed by atoms with Crippen molar-refractivity contribution < 1.29 is 14.6 Å². The molecule has 0 heterocycles. The number of phenolic OH excluding ortho intramolecular Hbond substituents is 1. The van der Waals surface area contributed by atoms with Crippen LogP contribution >= 0.6 is 0 Å². The Balaban J connectivity index is 2.63. The fraction of sp³-hybridized carbons (Fsp3) is 0.125. The molecule has 0 unspecified atom stereocenters. The molecule has 3 nitrogen and oxygen atoms in total. The van der Waals surface area contributed by atoms with Crippen molar-refractivity contribution in [2.45, 2.75) is 0 Å². The summed E-state index contributed by atoms with van der Waals surface area (Å²) in [5, 5.41) is 8.94. The maximum atomic E-state index is 9.88. The van der Waals surface area contributed by atoms with Crippen LogP contribution in [-0.2, 0) is 4.79 Å². The Kier molecular flexibility index (Phi) is 2.49. The molecule has 1 aromatic carbocycles. The number of rotatable bonds is 3. The zero-order chi connectivity index (χ0) is 8.10. The number of hydrogen-bond donors (Lipinski definition) is 1. The molecule has 0 bridgehead atoms. The average Bonchev–Trinajstić information content (AvgIpc) is 2.01. The molecule has 58 valence electrons. The van der Waals surface area contributed by atoms with E-state index in [1.54, 1.807) is 12.1 Å². The van der Waals surface area contributed by atoms with E-state index >= 15 is 0 Å². The fourth-order valence-corrected chi connectivity index (χ4v) is 0.704. The fourth-order valence-electron chi connectivity index (χ4n) is 0.704. The number of carbonyl (C=O) groups is 1. The molecule has 1 N–H and O–H groups in total. The Hall–Kier alpha value is -1.51. The molecule has 1 rings (SSSR count). The van der Waals surface area contributed by atoms with Crippen LogP contribution in [-0.4, -0.2) is 18.0 Å². The summed E-state index contributed by atoms with van der Waals surface area (Å²) in [6.45, 7) is 0.0173. The van der Waals surface area contributed by atoms with E-state index in [2.05, 4.69) is 0 Å². The maximum absolute atomic E-state index is 9.88.